The Balaban J connectivity index is 2.58. The van der Waals surface area contributed by atoms with Gasteiger partial charge in [0.15, 0.2) is 0 Å². The fourth-order valence-corrected chi connectivity index (χ4v) is 3.62. The predicted octanol–water partition coefficient (Wildman–Crippen LogP) is 4.82. The van der Waals surface area contributed by atoms with Crippen molar-refractivity contribution >= 4 is 24.4 Å². The Hall–Kier alpha value is -0.0800. The Morgan fingerprint density at radius 3 is 2.12 bits per heavy atom. The lowest BCUT2D eigenvalue weighted by atomic mass is 9.87. The van der Waals surface area contributed by atoms with Crippen LogP contribution in [0.15, 0.2) is 29.2 Å². The van der Waals surface area contributed by atoms with Crippen LogP contribution in [0.25, 0.3) is 0 Å². The predicted molar refractivity (Wildman–Crippen MR) is 78.8 cm³/mol. The highest BCUT2D eigenvalue weighted by molar-refractivity contribution is 7.99. The molecule has 0 aliphatic carbocycles. The molecule has 0 unspecified atom stereocenters. The van der Waals surface area contributed by atoms with Gasteiger partial charge in [-0.25, -0.2) is 0 Å². The van der Waals surface area contributed by atoms with Crippen LogP contribution < -0.4 is 0 Å². The molecule has 1 rings (SSSR count). The van der Waals surface area contributed by atoms with Gasteiger partial charge in [-0.05, 0) is 43.1 Å². The van der Waals surface area contributed by atoms with Crippen LogP contribution in [0, 0.1) is 12.3 Å². The van der Waals surface area contributed by atoms with Gasteiger partial charge in [0.05, 0.1) is 0 Å². The van der Waals surface area contributed by atoms with E-state index in [1.165, 1.54) is 29.1 Å². The minimum Gasteiger partial charge on any atom is -0.179 e. The highest BCUT2D eigenvalue weighted by atomic mass is 32.2. The number of thiol groups is 1. The molecule has 0 nitrogen and oxygen atoms in total. The maximum atomic E-state index is 4.51. The van der Waals surface area contributed by atoms with Gasteiger partial charge in [-0.1, -0.05) is 31.5 Å². The Bertz CT molecular complexity index is 291. The Kier molecular flexibility index (Phi) is 5.77. The number of benzene rings is 1. The second-order valence-electron chi connectivity index (χ2n) is 4.47. The van der Waals surface area contributed by atoms with Crippen molar-refractivity contribution in [3.05, 3.63) is 29.8 Å². The molecule has 0 radical (unpaired) electrons. The molecule has 0 aliphatic rings. The molecular formula is C14H22S2. The number of aryl methyl sites for hydroxylation is 1. The first-order valence-corrected chi connectivity index (χ1v) is 7.58. The number of thioether (sulfide) groups is 1. The summed E-state index contributed by atoms with van der Waals surface area (Å²) in [5.74, 6) is 2.16. The van der Waals surface area contributed by atoms with Gasteiger partial charge in [0, 0.05) is 10.6 Å². The van der Waals surface area contributed by atoms with E-state index < -0.39 is 0 Å². The quantitative estimate of drug-likeness (QED) is 0.561. The second-order valence-corrected chi connectivity index (χ2v) is 5.83. The van der Waals surface area contributed by atoms with Gasteiger partial charge in [0.1, 0.15) is 0 Å². The summed E-state index contributed by atoms with van der Waals surface area (Å²) >= 11 is 6.47. The molecule has 0 atom stereocenters. The molecule has 0 spiro atoms. The molecular weight excluding hydrogens is 232 g/mol. The first-order valence-electron chi connectivity index (χ1n) is 5.96. The van der Waals surface area contributed by atoms with Gasteiger partial charge >= 0.3 is 0 Å². The smallest absolute Gasteiger partial charge is 0.00723 e. The summed E-state index contributed by atoms with van der Waals surface area (Å²) in [6, 6.07) is 8.80. The lowest BCUT2D eigenvalue weighted by molar-refractivity contribution is 0.357. The van der Waals surface area contributed by atoms with Crippen LogP contribution in [0.3, 0.4) is 0 Å². The summed E-state index contributed by atoms with van der Waals surface area (Å²) in [4.78, 5) is 1.37. The van der Waals surface area contributed by atoms with E-state index in [4.69, 9.17) is 0 Å². The van der Waals surface area contributed by atoms with Crippen molar-refractivity contribution in [1.82, 2.24) is 0 Å². The van der Waals surface area contributed by atoms with Gasteiger partial charge in [-0.15, -0.1) is 11.8 Å². The van der Waals surface area contributed by atoms with Crippen LogP contribution >= 0.6 is 24.4 Å². The zero-order valence-electron chi connectivity index (χ0n) is 10.5. The molecule has 90 valence electrons. The highest BCUT2D eigenvalue weighted by Crippen LogP contribution is 2.34. The van der Waals surface area contributed by atoms with E-state index in [1.807, 2.05) is 11.8 Å². The third-order valence-corrected chi connectivity index (χ3v) is 5.43. The summed E-state index contributed by atoms with van der Waals surface area (Å²) < 4.78 is 0. The van der Waals surface area contributed by atoms with E-state index in [9.17, 15) is 0 Å². The number of rotatable bonds is 6. The zero-order chi connectivity index (χ0) is 12.0. The molecule has 0 aromatic heterocycles. The molecule has 0 saturated heterocycles. The largest absolute Gasteiger partial charge is 0.179 e. The van der Waals surface area contributed by atoms with Crippen molar-refractivity contribution in [1.29, 1.82) is 0 Å². The summed E-state index contributed by atoms with van der Waals surface area (Å²) in [6.45, 7) is 6.68. The monoisotopic (exact) mass is 254 g/mol. The maximum absolute atomic E-state index is 4.51. The molecule has 0 fully saturated rings. The van der Waals surface area contributed by atoms with Crippen LogP contribution in [0.4, 0.5) is 0 Å². The minimum absolute atomic E-state index is 0.401. The van der Waals surface area contributed by atoms with Crippen molar-refractivity contribution in [2.45, 2.75) is 38.5 Å². The molecule has 0 saturated carbocycles. The fourth-order valence-electron chi connectivity index (χ4n) is 1.59. The highest BCUT2D eigenvalue weighted by Gasteiger charge is 2.24. The Labute approximate surface area is 110 Å². The summed E-state index contributed by atoms with van der Waals surface area (Å²) in [7, 11) is 0. The summed E-state index contributed by atoms with van der Waals surface area (Å²) in [6.07, 6.45) is 2.43. The zero-order valence-corrected chi connectivity index (χ0v) is 12.2. The number of hydrogen-bond donors (Lipinski definition) is 1. The molecule has 0 N–H and O–H groups in total. The van der Waals surface area contributed by atoms with E-state index in [0.717, 1.165) is 5.75 Å². The lowest BCUT2D eigenvalue weighted by Gasteiger charge is -2.29. The van der Waals surface area contributed by atoms with Crippen LogP contribution in [0.2, 0.25) is 0 Å². The van der Waals surface area contributed by atoms with Crippen LogP contribution in [0.1, 0.15) is 32.3 Å². The normalized spacial score (nSPS) is 11.8. The maximum Gasteiger partial charge on any atom is 0.00723 e. The standard InChI is InChI=1S/C14H22S2/c1-4-14(5-2,10-15)11-16-13-8-6-12(3)7-9-13/h6-9,15H,4-5,10-11H2,1-3H3. The van der Waals surface area contributed by atoms with E-state index in [0.29, 0.717) is 5.41 Å². The average molecular weight is 254 g/mol. The molecule has 0 aliphatic heterocycles. The summed E-state index contributed by atoms with van der Waals surface area (Å²) in [5.41, 5.74) is 1.73. The van der Waals surface area contributed by atoms with Crippen molar-refractivity contribution in [3.63, 3.8) is 0 Å². The average Bonchev–Trinajstić information content (AvgIpc) is 2.34. The topological polar surface area (TPSA) is 0 Å². The van der Waals surface area contributed by atoms with Crippen LogP contribution in [-0.2, 0) is 0 Å². The second kappa shape index (κ2) is 6.61. The van der Waals surface area contributed by atoms with E-state index in [-0.39, 0.29) is 0 Å². The molecule has 16 heavy (non-hydrogen) atoms. The van der Waals surface area contributed by atoms with Gasteiger partial charge in [0.2, 0.25) is 0 Å². The van der Waals surface area contributed by atoms with Crippen LogP contribution in [-0.4, -0.2) is 11.5 Å². The molecule has 0 heterocycles. The SMILES string of the molecule is CCC(CC)(CS)CSc1ccc(C)cc1. The Morgan fingerprint density at radius 1 is 1.12 bits per heavy atom. The van der Waals surface area contributed by atoms with Crippen molar-refractivity contribution < 1.29 is 0 Å². The fraction of sp³-hybridized carbons (Fsp3) is 0.571. The van der Waals surface area contributed by atoms with E-state index in [2.05, 4.69) is 57.7 Å². The van der Waals surface area contributed by atoms with Gasteiger partial charge in [-0.2, -0.15) is 12.6 Å². The van der Waals surface area contributed by atoms with Crippen molar-refractivity contribution in [2.24, 2.45) is 5.41 Å². The van der Waals surface area contributed by atoms with Gasteiger partial charge in [-0.3, -0.25) is 0 Å². The molecule has 0 bridgehead atoms. The first kappa shape index (κ1) is 14.0. The number of hydrogen-bond acceptors (Lipinski definition) is 2. The first-order chi connectivity index (χ1) is 7.65. The van der Waals surface area contributed by atoms with Crippen LogP contribution in [0.5, 0.6) is 0 Å². The van der Waals surface area contributed by atoms with Crippen molar-refractivity contribution in [2.75, 3.05) is 11.5 Å². The minimum atomic E-state index is 0.401. The van der Waals surface area contributed by atoms with E-state index in [1.54, 1.807) is 0 Å². The Morgan fingerprint density at radius 2 is 1.69 bits per heavy atom. The van der Waals surface area contributed by atoms with Gasteiger partial charge < -0.3 is 0 Å². The summed E-state index contributed by atoms with van der Waals surface area (Å²) in [5, 5.41) is 0. The van der Waals surface area contributed by atoms with Gasteiger partial charge in [0.25, 0.3) is 0 Å². The lowest BCUT2D eigenvalue weighted by Crippen LogP contribution is -2.24. The van der Waals surface area contributed by atoms with E-state index >= 15 is 0 Å². The molecule has 1 aromatic carbocycles. The third kappa shape index (κ3) is 3.74. The molecule has 0 amide bonds. The third-order valence-electron chi connectivity index (χ3n) is 3.40. The van der Waals surface area contributed by atoms with Crippen molar-refractivity contribution in [3.8, 4) is 0 Å². The molecule has 1 aromatic rings. The molecule has 2 heteroatoms.